The van der Waals surface area contributed by atoms with Crippen molar-refractivity contribution >= 4 is 62.6 Å². The largest absolute Gasteiger partial charge is 0.414 e. The van der Waals surface area contributed by atoms with Gasteiger partial charge in [0, 0.05) is 20.6 Å². The van der Waals surface area contributed by atoms with E-state index in [1.54, 1.807) is 31.3 Å². The normalized spacial score (nSPS) is 15.4. The molecule has 176 valence electrons. The molecule has 34 heavy (non-hydrogen) atoms. The lowest BCUT2D eigenvalue weighted by molar-refractivity contribution is -0.119. The van der Waals surface area contributed by atoms with E-state index in [0.717, 1.165) is 11.4 Å². The number of H-pyrrole nitrogens is 1. The number of rotatable bonds is 4. The Kier molecular flexibility index (Phi) is 6.75. The maximum absolute atomic E-state index is 12.9. The number of hydrogen-bond acceptors (Lipinski definition) is 6. The number of aromatic amines is 1. The van der Waals surface area contributed by atoms with Crippen molar-refractivity contribution in [2.75, 3.05) is 35.8 Å². The molecule has 1 aliphatic rings. The van der Waals surface area contributed by atoms with Crippen molar-refractivity contribution < 1.29 is 19.1 Å². The van der Waals surface area contributed by atoms with Gasteiger partial charge in [-0.05, 0) is 40.2 Å². The number of likely N-dealkylation sites (N-methyl/N-ethyl adjacent to an activating group) is 2. The van der Waals surface area contributed by atoms with Crippen LogP contribution in [-0.2, 0) is 4.79 Å². The van der Waals surface area contributed by atoms with Gasteiger partial charge in [-0.15, -0.1) is 5.10 Å². The van der Waals surface area contributed by atoms with Gasteiger partial charge in [-0.25, -0.2) is 4.79 Å². The molecule has 10 nitrogen and oxygen atoms in total. The number of hydrogen-bond donors (Lipinski definition) is 3. The van der Waals surface area contributed by atoms with Crippen LogP contribution in [0.2, 0.25) is 5.02 Å². The number of benzene rings is 2. The predicted octanol–water partition coefficient (Wildman–Crippen LogP) is 3.65. The minimum Gasteiger partial charge on any atom is -0.388 e. The summed E-state index contributed by atoms with van der Waals surface area (Å²) in [5.41, 5.74) is 1.87. The number of para-hydroxylation sites is 2. The third-order valence-electron chi connectivity index (χ3n) is 5.25. The average molecular weight is 548 g/mol. The molecule has 0 saturated heterocycles. The Balaban J connectivity index is 1.43. The summed E-state index contributed by atoms with van der Waals surface area (Å²) in [7, 11) is 3.49. The molecule has 4 rings (SSSR count). The van der Waals surface area contributed by atoms with Crippen LogP contribution in [-0.4, -0.2) is 54.8 Å². The quantitative estimate of drug-likeness (QED) is 0.459. The summed E-state index contributed by atoms with van der Waals surface area (Å²) >= 11 is 9.31. The molecule has 0 radical (unpaired) electrons. The Labute approximate surface area is 208 Å². The molecule has 3 amide bonds. The molecule has 1 atom stereocenters. The van der Waals surface area contributed by atoms with Gasteiger partial charge in [0.1, 0.15) is 16.3 Å². The van der Waals surface area contributed by atoms with Crippen LogP contribution in [0.1, 0.15) is 10.4 Å². The molecule has 0 saturated carbocycles. The van der Waals surface area contributed by atoms with E-state index in [1.807, 2.05) is 36.2 Å². The summed E-state index contributed by atoms with van der Waals surface area (Å²) < 4.78 is 5.49. The van der Waals surface area contributed by atoms with Gasteiger partial charge in [0.15, 0.2) is 0 Å². The Hall–Kier alpha value is -3.57. The van der Waals surface area contributed by atoms with Gasteiger partial charge in [0.2, 0.25) is 0 Å². The van der Waals surface area contributed by atoms with Crippen LogP contribution < -0.4 is 25.2 Å². The number of anilines is 3. The second kappa shape index (κ2) is 9.74. The van der Waals surface area contributed by atoms with Crippen LogP contribution in [0.4, 0.5) is 22.0 Å². The number of nitrogens with one attached hydrogen (secondary N) is 3. The van der Waals surface area contributed by atoms with E-state index in [0.29, 0.717) is 0 Å². The van der Waals surface area contributed by atoms with Crippen LogP contribution in [0.25, 0.3) is 0 Å². The van der Waals surface area contributed by atoms with Gasteiger partial charge in [0.25, 0.3) is 17.7 Å². The molecule has 1 aliphatic heterocycles. The highest BCUT2D eigenvalue weighted by Gasteiger charge is 2.32. The minimum atomic E-state index is -0.873. The van der Waals surface area contributed by atoms with Crippen molar-refractivity contribution in [3.63, 3.8) is 0 Å². The van der Waals surface area contributed by atoms with E-state index in [-0.39, 0.29) is 39.2 Å². The van der Waals surface area contributed by atoms with Gasteiger partial charge < -0.3 is 25.2 Å². The van der Waals surface area contributed by atoms with Crippen molar-refractivity contribution in [2.24, 2.45) is 0 Å². The molecule has 3 aromatic rings. The van der Waals surface area contributed by atoms with Gasteiger partial charge in [-0.3, -0.25) is 14.7 Å². The predicted molar refractivity (Wildman–Crippen MR) is 132 cm³/mol. The summed E-state index contributed by atoms with van der Waals surface area (Å²) in [6.07, 6.45) is -0.873. The molecule has 0 fully saturated rings. The second-order valence-corrected chi connectivity index (χ2v) is 8.70. The fourth-order valence-electron chi connectivity index (χ4n) is 3.53. The summed E-state index contributed by atoms with van der Waals surface area (Å²) in [6, 6.07) is 13.2. The van der Waals surface area contributed by atoms with Crippen LogP contribution in [0.5, 0.6) is 5.88 Å². The zero-order chi connectivity index (χ0) is 24.4. The van der Waals surface area contributed by atoms with Crippen LogP contribution in [0.15, 0.2) is 53.0 Å². The maximum Gasteiger partial charge on any atom is 0.414 e. The highest BCUT2D eigenvalue weighted by molar-refractivity contribution is 9.10. The fraction of sp³-hybridized carbons (Fsp3) is 0.182. The summed E-state index contributed by atoms with van der Waals surface area (Å²) in [5, 5.41) is 12.0. The van der Waals surface area contributed by atoms with Gasteiger partial charge in [-0.2, -0.15) is 0 Å². The topological polar surface area (TPSA) is 120 Å². The number of ether oxygens (including phenoxy) is 1. The fourth-order valence-corrected chi connectivity index (χ4v) is 4.11. The zero-order valence-corrected chi connectivity index (χ0v) is 20.5. The maximum atomic E-state index is 12.9. The highest BCUT2D eigenvalue weighted by atomic mass is 79.9. The van der Waals surface area contributed by atoms with Crippen molar-refractivity contribution in [1.29, 1.82) is 0 Å². The summed E-state index contributed by atoms with van der Waals surface area (Å²) in [6.45, 7) is 0.246. The molecule has 12 heteroatoms. The van der Waals surface area contributed by atoms with E-state index in [2.05, 4.69) is 36.8 Å². The van der Waals surface area contributed by atoms with Crippen molar-refractivity contribution in [3.05, 3.63) is 63.6 Å². The third kappa shape index (κ3) is 4.70. The number of fused-ring (bicyclic) bond motifs is 1. The van der Waals surface area contributed by atoms with Gasteiger partial charge in [0.05, 0.1) is 22.0 Å². The standard InChI is InChI=1S/C22H20BrClN6O4/c1-29-11-14(21(32)30(2)16-10-6-5-9-15(16)29)25-22(33)34-20-17(23)18(27-28-20)26-19(31)12-7-3-4-8-13(12)24/h3-10,14H,11H2,1-2H3,(H,25,33)(H2,26,27,28,31). The molecule has 2 aromatic carbocycles. The van der Waals surface area contributed by atoms with E-state index in [1.165, 1.54) is 4.90 Å². The summed E-state index contributed by atoms with van der Waals surface area (Å²) in [5.74, 6) is -0.700. The first-order chi connectivity index (χ1) is 16.3. The molecule has 1 unspecified atom stereocenters. The van der Waals surface area contributed by atoms with E-state index in [9.17, 15) is 14.4 Å². The number of carbonyl (C=O) groups excluding carboxylic acids is 3. The first kappa shape index (κ1) is 23.6. The minimum absolute atomic E-state index is 0.113. The average Bonchev–Trinajstić information content (AvgIpc) is 3.12. The van der Waals surface area contributed by atoms with Crippen LogP contribution >= 0.6 is 27.5 Å². The Morgan fingerprint density at radius 1 is 1.15 bits per heavy atom. The lowest BCUT2D eigenvalue weighted by Crippen LogP contribution is -2.51. The van der Waals surface area contributed by atoms with Crippen LogP contribution in [0.3, 0.4) is 0 Å². The molecule has 0 aliphatic carbocycles. The van der Waals surface area contributed by atoms with Gasteiger partial charge in [-0.1, -0.05) is 35.9 Å². The van der Waals surface area contributed by atoms with Crippen molar-refractivity contribution in [3.8, 4) is 5.88 Å². The lowest BCUT2D eigenvalue weighted by Gasteiger charge is -2.21. The van der Waals surface area contributed by atoms with Crippen molar-refractivity contribution in [1.82, 2.24) is 15.5 Å². The molecule has 0 bridgehead atoms. The van der Waals surface area contributed by atoms with Gasteiger partial charge >= 0.3 is 6.09 Å². The third-order valence-corrected chi connectivity index (χ3v) is 6.32. The lowest BCUT2D eigenvalue weighted by atomic mass is 10.2. The van der Waals surface area contributed by atoms with E-state index in [4.69, 9.17) is 16.3 Å². The summed E-state index contributed by atoms with van der Waals surface area (Å²) in [4.78, 5) is 41.4. The smallest absolute Gasteiger partial charge is 0.388 e. The monoisotopic (exact) mass is 546 g/mol. The number of halogens is 2. The zero-order valence-electron chi connectivity index (χ0n) is 18.1. The van der Waals surface area contributed by atoms with Crippen LogP contribution in [0, 0.1) is 0 Å². The number of amides is 3. The Morgan fingerprint density at radius 2 is 1.82 bits per heavy atom. The number of carbonyl (C=O) groups is 3. The number of aromatic nitrogens is 2. The highest BCUT2D eigenvalue weighted by Crippen LogP contribution is 2.32. The molecule has 2 heterocycles. The first-order valence-corrected chi connectivity index (χ1v) is 11.3. The Morgan fingerprint density at radius 3 is 2.56 bits per heavy atom. The number of nitrogens with zero attached hydrogens (tertiary/aromatic N) is 3. The molecule has 0 spiro atoms. The molecule has 1 aromatic heterocycles. The van der Waals surface area contributed by atoms with E-state index < -0.39 is 18.0 Å². The molecule has 3 N–H and O–H groups in total. The second-order valence-electron chi connectivity index (χ2n) is 7.50. The Bertz CT molecular complexity index is 1270. The molecular formula is C22H20BrClN6O4. The molecular weight excluding hydrogens is 528 g/mol. The van der Waals surface area contributed by atoms with Crippen molar-refractivity contribution in [2.45, 2.75) is 6.04 Å². The SMILES string of the molecule is CN1CC(NC(=O)Oc2n[nH]c(NC(=O)c3ccccc3Cl)c2Br)C(=O)N(C)c2ccccc21. The van der Waals surface area contributed by atoms with E-state index >= 15 is 0 Å². The first-order valence-electron chi connectivity index (χ1n) is 10.1.